The summed E-state index contributed by atoms with van der Waals surface area (Å²) in [5, 5.41) is 3.79. The molecular formula is C33H25N5OS4. The minimum absolute atomic E-state index is 0.167. The lowest BCUT2D eigenvalue weighted by Gasteiger charge is -2.24. The number of benzene rings is 4. The van der Waals surface area contributed by atoms with Gasteiger partial charge in [0.2, 0.25) is 0 Å². The number of rotatable bonds is 6. The van der Waals surface area contributed by atoms with Crippen molar-refractivity contribution in [1.29, 1.82) is 0 Å². The highest BCUT2D eigenvalue weighted by Crippen LogP contribution is 2.50. The first-order valence-electron chi connectivity index (χ1n) is 13.8. The van der Waals surface area contributed by atoms with E-state index in [0.29, 0.717) is 27.1 Å². The maximum Gasteiger partial charge on any atom is 0.284 e. The molecule has 3 heterocycles. The van der Waals surface area contributed by atoms with Crippen LogP contribution in [0.2, 0.25) is 0 Å². The summed E-state index contributed by atoms with van der Waals surface area (Å²) in [4.78, 5) is 22.6. The van der Waals surface area contributed by atoms with Crippen molar-refractivity contribution in [3.63, 3.8) is 0 Å². The Hall–Kier alpha value is -3.96. The summed E-state index contributed by atoms with van der Waals surface area (Å²) in [6, 6.07) is 29.8. The van der Waals surface area contributed by atoms with Crippen molar-refractivity contribution in [3.8, 4) is 10.4 Å². The molecule has 0 spiro atoms. The predicted octanol–water partition coefficient (Wildman–Crippen LogP) is 9.57. The number of carbonyl (C=O) groups excluding carboxylic acids is 1. The van der Waals surface area contributed by atoms with Crippen molar-refractivity contribution < 1.29 is 4.79 Å². The van der Waals surface area contributed by atoms with E-state index in [9.17, 15) is 4.79 Å². The topological polar surface area (TPSA) is 61.7 Å². The number of aryl methyl sites for hydroxylation is 2. The summed E-state index contributed by atoms with van der Waals surface area (Å²) in [5.41, 5.74) is 7.68. The fourth-order valence-electron chi connectivity index (χ4n) is 5.17. The lowest BCUT2D eigenvalue weighted by molar-refractivity contribution is -0.119. The third-order valence-corrected chi connectivity index (χ3v) is 10.5. The normalized spacial score (nSPS) is 14.5. The molecule has 0 atom stereocenters. The molecule has 2 aromatic heterocycles. The molecule has 0 bridgehead atoms. The van der Waals surface area contributed by atoms with Crippen LogP contribution in [0.25, 0.3) is 32.2 Å². The van der Waals surface area contributed by atoms with Crippen LogP contribution < -0.4 is 4.90 Å². The van der Waals surface area contributed by atoms with Gasteiger partial charge < -0.3 is 4.90 Å². The fourth-order valence-corrected chi connectivity index (χ4v) is 8.36. The molecule has 0 radical (unpaired) electrons. The van der Waals surface area contributed by atoms with E-state index >= 15 is 0 Å². The molecule has 1 saturated heterocycles. The SMILES string of the molecule is CCN1C(=O)/C(=N\c2ccc(-c3sc(N(c4ccc(C)cc4)c4ccc(C)cc4)c4ccccc34)c3nsnc23)SC1=S. The average Bonchev–Trinajstić information content (AvgIpc) is 3.72. The number of hydrogen-bond donors (Lipinski definition) is 0. The van der Waals surface area contributed by atoms with Crippen molar-refractivity contribution in [1.82, 2.24) is 13.6 Å². The molecule has 1 aliphatic heterocycles. The fraction of sp³-hybridized carbons (Fsp3) is 0.121. The van der Waals surface area contributed by atoms with Gasteiger partial charge in [-0.2, -0.15) is 8.75 Å². The maximum absolute atomic E-state index is 12.8. The number of thioether (sulfide) groups is 1. The molecule has 6 nitrogen and oxygen atoms in total. The molecule has 10 heteroatoms. The Balaban J connectivity index is 1.40. The monoisotopic (exact) mass is 635 g/mol. The van der Waals surface area contributed by atoms with Gasteiger partial charge in [-0.3, -0.25) is 9.69 Å². The van der Waals surface area contributed by atoms with Gasteiger partial charge in [-0.15, -0.1) is 11.3 Å². The maximum atomic E-state index is 12.8. The van der Waals surface area contributed by atoms with Crippen LogP contribution in [-0.2, 0) is 4.79 Å². The Kier molecular flexibility index (Phi) is 7.30. The Morgan fingerprint density at radius 2 is 1.47 bits per heavy atom. The smallest absolute Gasteiger partial charge is 0.284 e. The molecule has 1 aliphatic rings. The van der Waals surface area contributed by atoms with Crippen LogP contribution in [0.15, 0.2) is 89.9 Å². The number of thiophene rings is 1. The number of amides is 1. The van der Waals surface area contributed by atoms with Crippen LogP contribution in [0.4, 0.5) is 22.1 Å². The predicted molar refractivity (Wildman–Crippen MR) is 187 cm³/mol. The van der Waals surface area contributed by atoms with Gasteiger partial charge in [-0.05, 0) is 68.9 Å². The summed E-state index contributed by atoms with van der Waals surface area (Å²) in [7, 11) is 0. The van der Waals surface area contributed by atoms with Crippen LogP contribution in [0.5, 0.6) is 0 Å². The first kappa shape index (κ1) is 27.8. The molecule has 4 aromatic carbocycles. The Labute approximate surface area is 267 Å². The highest BCUT2D eigenvalue weighted by Gasteiger charge is 2.33. The second-order valence-electron chi connectivity index (χ2n) is 10.2. The molecule has 0 unspecified atom stereocenters. The number of carbonyl (C=O) groups is 1. The zero-order chi connectivity index (χ0) is 29.7. The number of aliphatic imine (C=N–C) groups is 1. The molecule has 7 rings (SSSR count). The molecule has 212 valence electrons. The molecule has 0 aliphatic carbocycles. The average molecular weight is 636 g/mol. The third kappa shape index (κ3) is 4.94. The number of thiocarbonyl (C=S) groups is 1. The number of fused-ring (bicyclic) bond motifs is 2. The van der Waals surface area contributed by atoms with Crippen LogP contribution in [0, 0.1) is 13.8 Å². The first-order valence-corrected chi connectivity index (χ1v) is 16.5. The van der Waals surface area contributed by atoms with Crippen molar-refractivity contribution in [2.45, 2.75) is 20.8 Å². The summed E-state index contributed by atoms with van der Waals surface area (Å²) in [6.07, 6.45) is 0. The van der Waals surface area contributed by atoms with E-state index in [-0.39, 0.29) is 5.91 Å². The largest absolute Gasteiger partial charge is 0.301 e. The Morgan fingerprint density at radius 1 is 0.837 bits per heavy atom. The van der Waals surface area contributed by atoms with Gasteiger partial charge in [-0.25, -0.2) is 4.99 Å². The number of aromatic nitrogens is 2. The summed E-state index contributed by atoms with van der Waals surface area (Å²) < 4.78 is 9.86. The summed E-state index contributed by atoms with van der Waals surface area (Å²) in [5.74, 6) is -0.167. The van der Waals surface area contributed by atoms with E-state index in [1.165, 1.54) is 22.9 Å². The van der Waals surface area contributed by atoms with Gasteiger partial charge >= 0.3 is 0 Å². The second kappa shape index (κ2) is 11.3. The third-order valence-electron chi connectivity index (χ3n) is 7.40. The van der Waals surface area contributed by atoms with Crippen LogP contribution >= 0.6 is 47.0 Å². The second-order valence-corrected chi connectivity index (χ2v) is 13.4. The standard InChI is InChI=1S/C33H25N5OS4/c1-4-37-31(39)30(42-33(37)40)34-26-18-17-25(27-28(26)36-43-35-27)29-23-7-5-6-8-24(23)32(41-29)38(21-13-9-19(2)10-14-21)22-15-11-20(3)12-16-22/h5-18H,4H2,1-3H3/b34-30+. The minimum Gasteiger partial charge on any atom is -0.301 e. The van der Waals surface area contributed by atoms with Crippen LogP contribution in [-0.4, -0.2) is 35.5 Å². The van der Waals surface area contributed by atoms with Crippen LogP contribution in [0.3, 0.4) is 0 Å². The molecule has 6 aromatic rings. The van der Waals surface area contributed by atoms with Gasteiger partial charge in [0.15, 0.2) is 5.04 Å². The molecule has 0 saturated carbocycles. The van der Waals surface area contributed by atoms with Gasteiger partial charge in [0.25, 0.3) is 5.91 Å². The van der Waals surface area contributed by atoms with Gasteiger partial charge in [0.05, 0.1) is 17.4 Å². The van der Waals surface area contributed by atoms with E-state index in [2.05, 4.69) is 95.9 Å². The number of anilines is 3. The van der Waals surface area contributed by atoms with Gasteiger partial charge in [0.1, 0.15) is 20.4 Å². The molecule has 43 heavy (non-hydrogen) atoms. The molecule has 1 fully saturated rings. The van der Waals surface area contributed by atoms with E-state index in [1.807, 2.05) is 19.1 Å². The molecule has 1 amide bonds. The quantitative estimate of drug-likeness (QED) is 0.170. The van der Waals surface area contributed by atoms with E-state index in [4.69, 9.17) is 21.6 Å². The highest BCUT2D eigenvalue weighted by atomic mass is 32.2. The van der Waals surface area contributed by atoms with Crippen LogP contribution in [0.1, 0.15) is 18.1 Å². The zero-order valence-corrected chi connectivity index (χ0v) is 26.8. The van der Waals surface area contributed by atoms with Crippen molar-refractivity contribution in [3.05, 3.63) is 96.1 Å². The van der Waals surface area contributed by atoms with E-state index in [0.717, 1.165) is 54.8 Å². The first-order chi connectivity index (χ1) is 20.9. The van der Waals surface area contributed by atoms with Crippen molar-refractivity contribution in [2.75, 3.05) is 11.4 Å². The highest BCUT2D eigenvalue weighted by molar-refractivity contribution is 8.35. The Bertz CT molecular complexity index is 2020. The molecule has 0 N–H and O–H groups in total. The summed E-state index contributed by atoms with van der Waals surface area (Å²) >= 11 is 9.50. The van der Waals surface area contributed by atoms with E-state index in [1.54, 1.807) is 16.2 Å². The minimum atomic E-state index is -0.167. The van der Waals surface area contributed by atoms with E-state index < -0.39 is 0 Å². The van der Waals surface area contributed by atoms with Gasteiger partial charge in [-0.1, -0.05) is 71.9 Å². The van der Waals surface area contributed by atoms with Gasteiger partial charge in [0, 0.05) is 39.1 Å². The summed E-state index contributed by atoms with van der Waals surface area (Å²) in [6.45, 7) is 6.64. The zero-order valence-electron chi connectivity index (χ0n) is 23.6. The molecular weight excluding hydrogens is 611 g/mol. The lowest BCUT2D eigenvalue weighted by atomic mass is 10.1. The van der Waals surface area contributed by atoms with Crippen molar-refractivity contribution in [2.24, 2.45) is 4.99 Å². The lowest BCUT2D eigenvalue weighted by Crippen LogP contribution is -2.29. The Morgan fingerprint density at radius 3 is 2.09 bits per heavy atom. The van der Waals surface area contributed by atoms with Crippen molar-refractivity contribution >= 4 is 106 Å². The number of nitrogens with zero attached hydrogens (tertiary/aromatic N) is 5. The number of hydrogen-bond acceptors (Lipinski definition) is 9.